The summed E-state index contributed by atoms with van der Waals surface area (Å²) in [7, 11) is 0. The molecule has 4 rings (SSSR count). The lowest BCUT2D eigenvalue weighted by atomic mass is 10.0. The van der Waals surface area contributed by atoms with Crippen LogP contribution in [0.15, 0.2) is 35.3 Å². The summed E-state index contributed by atoms with van der Waals surface area (Å²) in [5.41, 5.74) is -1.19. The third-order valence-corrected chi connectivity index (χ3v) is 5.74. The van der Waals surface area contributed by atoms with Crippen molar-refractivity contribution in [2.45, 2.75) is 25.1 Å². The third-order valence-electron chi connectivity index (χ3n) is 5.39. The van der Waals surface area contributed by atoms with Gasteiger partial charge in [-0.05, 0) is 31.0 Å². The predicted molar refractivity (Wildman–Crippen MR) is 105 cm³/mol. The Hall–Kier alpha value is -2.75. The van der Waals surface area contributed by atoms with Crippen molar-refractivity contribution in [3.8, 4) is 5.69 Å². The van der Waals surface area contributed by atoms with E-state index in [1.807, 2.05) is 4.90 Å². The van der Waals surface area contributed by atoms with Gasteiger partial charge >= 0.3 is 12.2 Å². The van der Waals surface area contributed by atoms with Crippen molar-refractivity contribution < 1.29 is 18.0 Å². The Kier molecular flexibility index (Phi) is 5.35. The van der Waals surface area contributed by atoms with E-state index in [2.05, 4.69) is 10.4 Å². The minimum absolute atomic E-state index is 0.0109. The van der Waals surface area contributed by atoms with Gasteiger partial charge < -0.3 is 15.1 Å². The van der Waals surface area contributed by atoms with E-state index in [-0.39, 0.29) is 22.8 Å². The molecule has 11 heteroatoms. The van der Waals surface area contributed by atoms with Crippen LogP contribution in [0.25, 0.3) is 5.69 Å². The van der Waals surface area contributed by atoms with Crippen LogP contribution in [0, 0.1) is 0 Å². The fraction of sp³-hybridized carbons (Fsp3) is 0.421. The highest BCUT2D eigenvalue weighted by Gasteiger charge is 2.33. The SMILES string of the molecule is O=C1NCCN1C1CCCN(c2cnn(-c3cccc(C(F)(F)F)c3)c(=O)c2Cl)C1. The number of aromatic nitrogens is 2. The first-order valence-corrected chi connectivity index (χ1v) is 9.88. The highest BCUT2D eigenvalue weighted by molar-refractivity contribution is 6.33. The van der Waals surface area contributed by atoms with Gasteiger partial charge in [-0.15, -0.1) is 0 Å². The summed E-state index contributed by atoms with van der Waals surface area (Å²) in [5.74, 6) is 0. The average molecular weight is 442 g/mol. The van der Waals surface area contributed by atoms with Gasteiger partial charge in [0.25, 0.3) is 5.56 Å². The lowest BCUT2D eigenvalue weighted by molar-refractivity contribution is -0.137. The lowest BCUT2D eigenvalue weighted by Gasteiger charge is -2.38. The number of carbonyl (C=O) groups is 1. The maximum atomic E-state index is 13.0. The van der Waals surface area contributed by atoms with E-state index >= 15 is 0 Å². The second kappa shape index (κ2) is 7.82. The molecule has 1 atom stereocenters. The number of amides is 2. The Bertz CT molecular complexity index is 1030. The molecule has 2 aliphatic rings. The van der Waals surface area contributed by atoms with Crippen molar-refractivity contribution in [3.05, 3.63) is 51.4 Å². The summed E-state index contributed by atoms with van der Waals surface area (Å²) in [4.78, 5) is 28.4. The van der Waals surface area contributed by atoms with Crippen molar-refractivity contribution in [3.63, 3.8) is 0 Å². The van der Waals surface area contributed by atoms with Crippen LogP contribution in [0.3, 0.4) is 0 Å². The second-order valence-electron chi connectivity index (χ2n) is 7.28. The number of anilines is 1. The molecular weight excluding hydrogens is 423 g/mol. The summed E-state index contributed by atoms with van der Waals surface area (Å²) in [6.45, 7) is 2.37. The van der Waals surface area contributed by atoms with Crippen molar-refractivity contribution in [2.24, 2.45) is 0 Å². The zero-order chi connectivity index (χ0) is 21.5. The van der Waals surface area contributed by atoms with E-state index in [4.69, 9.17) is 11.6 Å². The number of benzene rings is 1. The molecule has 3 heterocycles. The fourth-order valence-electron chi connectivity index (χ4n) is 3.91. The number of nitrogens with one attached hydrogen (secondary N) is 1. The minimum Gasteiger partial charge on any atom is -0.367 e. The smallest absolute Gasteiger partial charge is 0.367 e. The Morgan fingerprint density at radius 2 is 2.00 bits per heavy atom. The van der Waals surface area contributed by atoms with Crippen LogP contribution in [-0.4, -0.2) is 52.9 Å². The number of halogens is 4. The zero-order valence-electron chi connectivity index (χ0n) is 15.8. The maximum Gasteiger partial charge on any atom is 0.416 e. The summed E-state index contributed by atoms with van der Waals surface area (Å²) < 4.78 is 39.8. The van der Waals surface area contributed by atoms with E-state index in [0.29, 0.717) is 31.9 Å². The highest BCUT2D eigenvalue weighted by Crippen LogP contribution is 2.31. The van der Waals surface area contributed by atoms with E-state index in [1.165, 1.54) is 18.3 Å². The first-order valence-electron chi connectivity index (χ1n) is 9.50. The van der Waals surface area contributed by atoms with Crippen LogP contribution in [0.2, 0.25) is 5.02 Å². The molecule has 7 nitrogen and oxygen atoms in total. The normalized spacial score (nSPS) is 19.9. The third kappa shape index (κ3) is 3.83. The van der Waals surface area contributed by atoms with Gasteiger partial charge in [0.1, 0.15) is 5.02 Å². The largest absolute Gasteiger partial charge is 0.416 e. The molecule has 0 bridgehead atoms. The van der Waals surface area contributed by atoms with Gasteiger partial charge in [-0.25, -0.2) is 4.79 Å². The number of alkyl halides is 3. The van der Waals surface area contributed by atoms with Gasteiger partial charge in [-0.3, -0.25) is 4.79 Å². The van der Waals surface area contributed by atoms with E-state index in [0.717, 1.165) is 29.7 Å². The molecule has 0 aliphatic carbocycles. The van der Waals surface area contributed by atoms with E-state index in [1.54, 1.807) is 4.90 Å². The molecule has 1 aromatic carbocycles. The van der Waals surface area contributed by atoms with Crippen molar-refractivity contribution in [1.29, 1.82) is 0 Å². The molecule has 0 spiro atoms. The van der Waals surface area contributed by atoms with Gasteiger partial charge in [-0.2, -0.15) is 23.0 Å². The Labute approximate surface area is 175 Å². The molecule has 2 aromatic rings. The second-order valence-corrected chi connectivity index (χ2v) is 7.65. The Balaban J connectivity index is 1.62. The van der Waals surface area contributed by atoms with Crippen LogP contribution < -0.4 is 15.8 Å². The molecule has 2 amide bonds. The number of nitrogens with zero attached hydrogens (tertiary/aromatic N) is 4. The summed E-state index contributed by atoms with van der Waals surface area (Å²) >= 11 is 6.32. The molecule has 1 aromatic heterocycles. The Morgan fingerprint density at radius 3 is 2.70 bits per heavy atom. The molecular formula is C19H19ClF3N5O2. The molecule has 160 valence electrons. The number of piperidine rings is 1. The maximum absolute atomic E-state index is 13.0. The number of carbonyl (C=O) groups excluding carboxylic acids is 1. The summed E-state index contributed by atoms with van der Waals surface area (Å²) in [6.07, 6.45) is -1.50. The molecule has 1 unspecified atom stereocenters. The Morgan fingerprint density at radius 1 is 1.20 bits per heavy atom. The number of hydrogen-bond acceptors (Lipinski definition) is 4. The van der Waals surface area contributed by atoms with Gasteiger partial charge in [0, 0.05) is 26.2 Å². The standard InChI is InChI=1S/C19H19ClF3N5O2/c20-16-15(26-7-2-5-14(11-26)27-8-6-24-18(27)30)10-25-28(17(16)29)13-4-1-3-12(9-13)19(21,22)23/h1,3-4,9-10,14H,2,5-8,11H2,(H,24,30). The molecule has 0 radical (unpaired) electrons. The molecule has 2 aliphatic heterocycles. The van der Waals surface area contributed by atoms with Crippen LogP contribution >= 0.6 is 11.6 Å². The number of urea groups is 1. The topological polar surface area (TPSA) is 70.5 Å². The first kappa shape index (κ1) is 20.5. The summed E-state index contributed by atoms with van der Waals surface area (Å²) in [5, 5.41) is 6.73. The van der Waals surface area contributed by atoms with E-state index < -0.39 is 17.3 Å². The monoisotopic (exact) mass is 441 g/mol. The van der Waals surface area contributed by atoms with Crippen LogP contribution in [0.5, 0.6) is 0 Å². The quantitative estimate of drug-likeness (QED) is 0.795. The first-order chi connectivity index (χ1) is 14.3. The summed E-state index contributed by atoms with van der Waals surface area (Å²) in [6, 6.07) is 4.24. The van der Waals surface area contributed by atoms with Crippen molar-refractivity contribution >= 4 is 23.3 Å². The van der Waals surface area contributed by atoms with Gasteiger partial charge in [0.05, 0.1) is 29.2 Å². The van der Waals surface area contributed by atoms with Crippen LogP contribution in [0.1, 0.15) is 18.4 Å². The minimum atomic E-state index is -4.53. The molecule has 2 saturated heterocycles. The highest BCUT2D eigenvalue weighted by atomic mass is 35.5. The van der Waals surface area contributed by atoms with Crippen LogP contribution in [0.4, 0.5) is 23.7 Å². The molecule has 0 saturated carbocycles. The van der Waals surface area contributed by atoms with Crippen LogP contribution in [-0.2, 0) is 6.18 Å². The number of hydrogen-bond donors (Lipinski definition) is 1. The lowest BCUT2D eigenvalue weighted by Crippen LogP contribution is -2.49. The molecule has 2 fully saturated rings. The number of rotatable bonds is 3. The van der Waals surface area contributed by atoms with Crippen molar-refractivity contribution in [1.82, 2.24) is 20.0 Å². The van der Waals surface area contributed by atoms with E-state index in [9.17, 15) is 22.8 Å². The molecule has 30 heavy (non-hydrogen) atoms. The van der Waals surface area contributed by atoms with Gasteiger partial charge in [0.2, 0.25) is 0 Å². The van der Waals surface area contributed by atoms with Crippen molar-refractivity contribution in [2.75, 3.05) is 31.1 Å². The predicted octanol–water partition coefficient (Wildman–Crippen LogP) is 2.90. The van der Waals surface area contributed by atoms with Gasteiger partial charge in [-0.1, -0.05) is 17.7 Å². The fourth-order valence-corrected chi connectivity index (χ4v) is 4.15. The van der Waals surface area contributed by atoms with Gasteiger partial charge in [0.15, 0.2) is 0 Å². The molecule has 1 N–H and O–H groups in total. The zero-order valence-corrected chi connectivity index (χ0v) is 16.6. The average Bonchev–Trinajstić information content (AvgIpc) is 3.15.